The average Bonchev–Trinajstić information content (AvgIpc) is 2.24. The molecule has 0 radical (unpaired) electrons. The summed E-state index contributed by atoms with van der Waals surface area (Å²) in [5, 5.41) is 10.00. The van der Waals surface area contributed by atoms with Gasteiger partial charge in [0, 0.05) is 24.2 Å². The van der Waals surface area contributed by atoms with Crippen LogP contribution >= 0.6 is 24.2 Å². The van der Waals surface area contributed by atoms with Gasteiger partial charge in [0.05, 0.1) is 11.1 Å². The standard InChI is InChI=1S/C10H13ClN2OS.Na.H/c11-9-8(15)1-4-12-10(9)13-5-2-7(14)3-6-13;;/h1,4,7,14H,2-3,5-6H2,(H,12,15);;. The molecule has 0 atom stereocenters. The monoisotopic (exact) mass is 268 g/mol. The summed E-state index contributed by atoms with van der Waals surface area (Å²) < 4.78 is 0. The van der Waals surface area contributed by atoms with Gasteiger partial charge < -0.3 is 10.0 Å². The quantitative estimate of drug-likeness (QED) is 0.596. The zero-order valence-corrected chi connectivity index (χ0v) is 9.88. The molecule has 1 N–H and O–H groups in total. The van der Waals surface area contributed by atoms with Crippen LogP contribution in [0.15, 0.2) is 17.2 Å². The third-order valence-electron chi connectivity index (χ3n) is 2.61. The van der Waals surface area contributed by atoms with E-state index >= 15 is 0 Å². The molecule has 0 unspecified atom stereocenters. The fourth-order valence-corrected chi connectivity index (χ4v) is 2.12. The Hall–Kier alpha value is 0.550. The molecule has 0 aliphatic carbocycles. The molecular weight excluding hydrogens is 255 g/mol. The van der Waals surface area contributed by atoms with E-state index in [0.717, 1.165) is 36.6 Å². The third-order valence-corrected chi connectivity index (χ3v) is 3.49. The van der Waals surface area contributed by atoms with E-state index in [0.29, 0.717) is 5.02 Å². The Morgan fingerprint density at radius 1 is 1.44 bits per heavy atom. The number of hydrogen-bond acceptors (Lipinski definition) is 4. The van der Waals surface area contributed by atoms with Gasteiger partial charge in [-0.2, -0.15) is 0 Å². The van der Waals surface area contributed by atoms with E-state index < -0.39 is 0 Å². The minimum atomic E-state index is -0.181. The van der Waals surface area contributed by atoms with Gasteiger partial charge in [0.15, 0.2) is 0 Å². The maximum absolute atomic E-state index is 9.40. The van der Waals surface area contributed by atoms with Gasteiger partial charge >= 0.3 is 29.6 Å². The number of anilines is 1. The second-order valence-electron chi connectivity index (χ2n) is 3.69. The van der Waals surface area contributed by atoms with Crippen LogP contribution < -0.4 is 4.90 Å². The minimum absolute atomic E-state index is 0. The molecule has 84 valence electrons. The predicted molar refractivity (Wildman–Crippen MR) is 71.1 cm³/mol. The number of aromatic nitrogens is 1. The molecule has 0 bridgehead atoms. The summed E-state index contributed by atoms with van der Waals surface area (Å²) in [7, 11) is 0. The molecule has 0 amide bonds. The summed E-state index contributed by atoms with van der Waals surface area (Å²) in [6, 6.07) is 1.77. The zero-order valence-electron chi connectivity index (χ0n) is 8.23. The van der Waals surface area contributed by atoms with E-state index in [1.807, 2.05) is 0 Å². The van der Waals surface area contributed by atoms with E-state index in [2.05, 4.69) is 22.5 Å². The summed E-state index contributed by atoms with van der Waals surface area (Å²) in [5.74, 6) is 0.774. The van der Waals surface area contributed by atoms with Crippen LogP contribution in [0.1, 0.15) is 12.8 Å². The molecule has 0 aromatic carbocycles. The van der Waals surface area contributed by atoms with Crippen molar-refractivity contribution < 1.29 is 5.11 Å². The van der Waals surface area contributed by atoms with Crippen molar-refractivity contribution in [2.24, 2.45) is 0 Å². The maximum atomic E-state index is 9.40. The number of thiol groups is 1. The van der Waals surface area contributed by atoms with Gasteiger partial charge in [-0.25, -0.2) is 4.98 Å². The predicted octanol–water partition coefficient (Wildman–Crippen LogP) is 1.34. The normalized spacial score (nSPS) is 17.1. The van der Waals surface area contributed by atoms with Gasteiger partial charge in [0.1, 0.15) is 5.82 Å². The van der Waals surface area contributed by atoms with Crippen LogP contribution in [0, 0.1) is 0 Å². The molecule has 1 aromatic rings. The Balaban J connectivity index is 0.00000128. The van der Waals surface area contributed by atoms with Crippen molar-refractivity contribution in [2.45, 2.75) is 23.8 Å². The molecule has 1 aliphatic rings. The molecule has 1 aliphatic heterocycles. The van der Waals surface area contributed by atoms with Gasteiger partial charge in [-0.1, -0.05) is 11.6 Å². The first kappa shape index (κ1) is 14.6. The van der Waals surface area contributed by atoms with E-state index in [-0.39, 0.29) is 35.7 Å². The van der Waals surface area contributed by atoms with Crippen LogP contribution in [-0.4, -0.2) is 58.8 Å². The number of piperidine rings is 1. The summed E-state index contributed by atoms with van der Waals surface area (Å²) in [4.78, 5) is 7.09. The van der Waals surface area contributed by atoms with Crippen LogP contribution in [0.3, 0.4) is 0 Å². The second kappa shape index (κ2) is 6.47. The Labute approximate surface area is 128 Å². The Morgan fingerprint density at radius 3 is 2.69 bits per heavy atom. The first-order chi connectivity index (χ1) is 7.18. The Bertz CT molecular complexity index is 359. The fraction of sp³-hybridized carbons (Fsp3) is 0.500. The van der Waals surface area contributed by atoms with E-state index in [4.69, 9.17) is 11.6 Å². The van der Waals surface area contributed by atoms with Crippen molar-refractivity contribution in [1.29, 1.82) is 0 Å². The van der Waals surface area contributed by atoms with Crippen LogP contribution in [0.25, 0.3) is 0 Å². The van der Waals surface area contributed by atoms with E-state index in [9.17, 15) is 5.11 Å². The van der Waals surface area contributed by atoms with Gasteiger partial charge in [-0.3, -0.25) is 0 Å². The zero-order chi connectivity index (χ0) is 10.8. The van der Waals surface area contributed by atoms with E-state index in [1.54, 1.807) is 12.3 Å². The number of halogens is 1. The third kappa shape index (κ3) is 3.28. The first-order valence-corrected chi connectivity index (χ1v) is 5.77. The van der Waals surface area contributed by atoms with Crippen molar-refractivity contribution >= 4 is 59.6 Å². The van der Waals surface area contributed by atoms with E-state index in [1.165, 1.54) is 0 Å². The van der Waals surface area contributed by atoms with Crippen LogP contribution in [0.5, 0.6) is 0 Å². The summed E-state index contributed by atoms with van der Waals surface area (Å²) in [5.41, 5.74) is 0. The van der Waals surface area contributed by atoms with Crippen LogP contribution in [0.4, 0.5) is 5.82 Å². The van der Waals surface area contributed by atoms with Gasteiger partial charge in [-0.15, -0.1) is 12.6 Å². The fourth-order valence-electron chi connectivity index (χ4n) is 1.72. The number of aliphatic hydroxyl groups excluding tert-OH is 1. The molecule has 1 aromatic heterocycles. The molecule has 16 heavy (non-hydrogen) atoms. The molecule has 1 fully saturated rings. The second-order valence-corrected chi connectivity index (χ2v) is 4.55. The number of rotatable bonds is 1. The van der Waals surface area contributed by atoms with Crippen molar-refractivity contribution in [2.75, 3.05) is 18.0 Å². The van der Waals surface area contributed by atoms with Gasteiger partial charge in [0.2, 0.25) is 0 Å². The first-order valence-electron chi connectivity index (χ1n) is 4.95. The van der Waals surface area contributed by atoms with Crippen molar-refractivity contribution in [1.82, 2.24) is 4.98 Å². The SMILES string of the molecule is OC1CCN(c2nccc(S)c2Cl)CC1.[NaH]. The molecule has 0 spiro atoms. The van der Waals surface area contributed by atoms with Crippen LogP contribution in [-0.2, 0) is 0 Å². The molecule has 2 rings (SSSR count). The average molecular weight is 269 g/mol. The van der Waals surface area contributed by atoms with Crippen molar-refractivity contribution in [3.63, 3.8) is 0 Å². The molecule has 1 saturated heterocycles. The number of nitrogens with zero attached hydrogens (tertiary/aromatic N) is 2. The molecular formula is C10H14ClN2NaOS. The van der Waals surface area contributed by atoms with Crippen LogP contribution in [0.2, 0.25) is 5.02 Å². The molecule has 3 nitrogen and oxygen atoms in total. The summed E-state index contributed by atoms with van der Waals surface area (Å²) >= 11 is 10.4. The molecule has 0 saturated carbocycles. The Morgan fingerprint density at radius 2 is 2.06 bits per heavy atom. The van der Waals surface area contributed by atoms with Gasteiger partial charge in [0.25, 0.3) is 0 Å². The Kier molecular flexibility index (Phi) is 5.91. The van der Waals surface area contributed by atoms with Crippen molar-refractivity contribution in [3.8, 4) is 0 Å². The number of hydrogen-bond donors (Lipinski definition) is 2. The molecule has 2 heterocycles. The summed E-state index contributed by atoms with van der Waals surface area (Å²) in [6.45, 7) is 1.59. The number of pyridine rings is 1. The summed E-state index contributed by atoms with van der Waals surface area (Å²) in [6.07, 6.45) is 3.07. The number of aliphatic hydroxyl groups is 1. The van der Waals surface area contributed by atoms with Gasteiger partial charge in [-0.05, 0) is 18.9 Å². The topological polar surface area (TPSA) is 36.4 Å². The molecule has 6 heteroatoms. The van der Waals surface area contributed by atoms with Crippen molar-refractivity contribution in [3.05, 3.63) is 17.3 Å².